The number of benzene rings is 2. The normalized spacial score (nSPS) is 11.4. The van der Waals surface area contributed by atoms with Crippen LogP contribution in [-0.2, 0) is 30.3 Å². The Morgan fingerprint density at radius 1 is 0.968 bits per heavy atom. The van der Waals surface area contributed by atoms with Crippen LogP contribution in [0.1, 0.15) is 18.1 Å². The van der Waals surface area contributed by atoms with Crippen molar-refractivity contribution in [1.82, 2.24) is 10.6 Å². The number of imide groups is 1. The van der Waals surface area contributed by atoms with Crippen LogP contribution < -0.4 is 15.4 Å². The molecule has 3 amide bonds. The number of nitrogens with one attached hydrogen (secondary N) is 2. The molecule has 1 atom stereocenters. The Hall–Kier alpha value is -3.94. The number of carbonyl (C=O) groups excluding carboxylic acids is 4. The van der Waals surface area contributed by atoms with E-state index in [1.54, 1.807) is 61.7 Å². The summed E-state index contributed by atoms with van der Waals surface area (Å²) < 4.78 is 9.91. The van der Waals surface area contributed by atoms with E-state index in [4.69, 9.17) is 9.47 Å². The van der Waals surface area contributed by atoms with Crippen LogP contribution in [0.2, 0.25) is 0 Å². The van der Waals surface area contributed by atoms with E-state index in [2.05, 4.69) is 10.6 Å². The average Bonchev–Trinajstić information content (AvgIpc) is 2.76. The second-order valence-electron chi connectivity index (χ2n) is 6.58. The highest BCUT2D eigenvalue weighted by Gasteiger charge is 2.18. The molecule has 0 heterocycles. The summed E-state index contributed by atoms with van der Waals surface area (Å²) in [6.45, 7) is 0.807. The van der Waals surface area contributed by atoms with Crippen molar-refractivity contribution in [3.63, 3.8) is 0 Å². The van der Waals surface area contributed by atoms with Gasteiger partial charge >= 0.3 is 5.97 Å². The van der Waals surface area contributed by atoms with Crippen molar-refractivity contribution in [3.8, 4) is 5.75 Å². The minimum atomic E-state index is -0.971. The molecular formula is C23H24N2O6. The first-order valence-corrected chi connectivity index (χ1v) is 9.53. The van der Waals surface area contributed by atoms with Crippen LogP contribution >= 0.6 is 0 Å². The summed E-state index contributed by atoms with van der Waals surface area (Å²) in [7, 11) is 1.56. The van der Waals surface area contributed by atoms with Crippen LogP contribution in [0, 0.1) is 0 Å². The lowest BCUT2D eigenvalue weighted by Crippen LogP contribution is -2.41. The van der Waals surface area contributed by atoms with Crippen molar-refractivity contribution in [3.05, 3.63) is 71.8 Å². The highest BCUT2D eigenvalue weighted by Crippen LogP contribution is 2.12. The van der Waals surface area contributed by atoms with E-state index in [1.165, 1.54) is 13.0 Å². The summed E-state index contributed by atoms with van der Waals surface area (Å²) in [6, 6.07) is 15.0. The molecule has 0 unspecified atom stereocenters. The fourth-order valence-electron chi connectivity index (χ4n) is 2.49. The standard InChI is InChI=1S/C23H24N2O6/c1-16(24-20(26)13-10-17-8-11-19(30-2)12-9-17)23(29)31-15-22(28)25-21(27)14-18-6-4-3-5-7-18/h3-13,16H,14-15H2,1-2H3,(H,24,26)(H,25,27,28)/b13-10+/t16-/m1/s1. The van der Waals surface area contributed by atoms with Crippen molar-refractivity contribution in [2.24, 2.45) is 0 Å². The van der Waals surface area contributed by atoms with Crippen LogP contribution in [0.5, 0.6) is 5.75 Å². The molecule has 31 heavy (non-hydrogen) atoms. The Morgan fingerprint density at radius 2 is 1.65 bits per heavy atom. The third kappa shape index (κ3) is 8.53. The fourth-order valence-corrected chi connectivity index (χ4v) is 2.49. The van der Waals surface area contributed by atoms with Gasteiger partial charge in [0.05, 0.1) is 13.5 Å². The molecule has 8 heteroatoms. The molecule has 0 spiro atoms. The van der Waals surface area contributed by atoms with Crippen LogP contribution in [0.25, 0.3) is 6.08 Å². The van der Waals surface area contributed by atoms with Crippen LogP contribution in [-0.4, -0.2) is 43.4 Å². The Balaban J connectivity index is 1.71. The predicted molar refractivity (Wildman–Crippen MR) is 114 cm³/mol. The molecule has 0 saturated carbocycles. The van der Waals surface area contributed by atoms with Crippen molar-refractivity contribution < 1.29 is 28.7 Å². The van der Waals surface area contributed by atoms with Crippen molar-refractivity contribution in [2.75, 3.05) is 13.7 Å². The Kier molecular flexibility index (Phi) is 8.97. The molecule has 0 radical (unpaired) electrons. The third-order valence-corrected chi connectivity index (χ3v) is 4.09. The average molecular weight is 424 g/mol. The third-order valence-electron chi connectivity index (χ3n) is 4.09. The first kappa shape index (κ1) is 23.3. The maximum atomic E-state index is 12.0. The Bertz CT molecular complexity index is 938. The molecule has 0 bridgehead atoms. The molecular weight excluding hydrogens is 400 g/mol. The zero-order valence-corrected chi connectivity index (χ0v) is 17.3. The number of hydrogen-bond donors (Lipinski definition) is 2. The first-order valence-electron chi connectivity index (χ1n) is 9.53. The number of hydrogen-bond acceptors (Lipinski definition) is 6. The molecule has 0 aromatic heterocycles. The monoisotopic (exact) mass is 424 g/mol. The molecule has 2 N–H and O–H groups in total. The van der Waals surface area contributed by atoms with Gasteiger partial charge in [-0.3, -0.25) is 19.7 Å². The fraction of sp³-hybridized carbons (Fsp3) is 0.217. The van der Waals surface area contributed by atoms with E-state index in [-0.39, 0.29) is 6.42 Å². The van der Waals surface area contributed by atoms with Gasteiger partial charge in [-0.15, -0.1) is 0 Å². The summed E-state index contributed by atoms with van der Waals surface area (Å²) in [5.41, 5.74) is 1.53. The molecule has 0 aliphatic rings. The minimum absolute atomic E-state index is 0.0352. The smallest absolute Gasteiger partial charge is 0.328 e. The summed E-state index contributed by atoms with van der Waals surface area (Å²) in [4.78, 5) is 47.5. The van der Waals surface area contributed by atoms with Crippen molar-refractivity contribution in [1.29, 1.82) is 0 Å². The lowest BCUT2D eigenvalue weighted by Gasteiger charge is -2.12. The lowest BCUT2D eigenvalue weighted by molar-refractivity contribution is -0.151. The van der Waals surface area contributed by atoms with Crippen LogP contribution in [0.3, 0.4) is 0 Å². The first-order chi connectivity index (χ1) is 14.9. The maximum absolute atomic E-state index is 12.0. The highest BCUT2D eigenvalue weighted by atomic mass is 16.5. The molecule has 0 aliphatic carbocycles. The number of carbonyl (C=O) groups is 4. The van der Waals surface area contributed by atoms with Gasteiger partial charge in [-0.25, -0.2) is 4.79 Å². The van der Waals surface area contributed by atoms with Crippen molar-refractivity contribution >= 4 is 29.8 Å². The summed E-state index contributed by atoms with van der Waals surface area (Å²) in [5.74, 6) is -1.84. The molecule has 2 aromatic rings. The van der Waals surface area contributed by atoms with Crippen LogP contribution in [0.4, 0.5) is 0 Å². The van der Waals surface area contributed by atoms with Gasteiger partial charge in [0.2, 0.25) is 11.8 Å². The van der Waals surface area contributed by atoms with E-state index in [9.17, 15) is 19.2 Å². The molecule has 0 saturated heterocycles. The van der Waals surface area contributed by atoms with E-state index in [0.717, 1.165) is 11.1 Å². The molecule has 8 nitrogen and oxygen atoms in total. The highest BCUT2D eigenvalue weighted by molar-refractivity contribution is 5.98. The number of rotatable bonds is 9. The minimum Gasteiger partial charge on any atom is -0.497 e. The Labute approximate surface area is 180 Å². The van der Waals surface area contributed by atoms with Gasteiger partial charge < -0.3 is 14.8 Å². The van der Waals surface area contributed by atoms with Gasteiger partial charge in [0.25, 0.3) is 5.91 Å². The molecule has 2 rings (SSSR count). The molecule has 2 aromatic carbocycles. The molecule has 162 valence electrons. The van der Waals surface area contributed by atoms with Gasteiger partial charge in [0, 0.05) is 6.08 Å². The van der Waals surface area contributed by atoms with E-state index in [0.29, 0.717) is 5.75 Å². The summed E-state index contributed by atoms with van der Waals surface area (Å²) in [6.07, 6.45) is 2.90. The Morgan fingerprint density at radius 3 is 2.29 bits per heavy atom. The van der Waals surface area contributed by atoms with E-state index >= 15 is 0 Å². The second kappa shape index (κ2) is 11.9. The lowest BCUT2D eigenvalue weighted by atomic mass is 10.1. The maximum Gasteiger partial charge on any atom is 0.328 e. The van der Waals surface area contributed by atoms with Gasteiger partial charge in [0.1, 0.15) is 11.8 Å². The topological polar surface area (TPSA) is 111 Å². The zero-order chi connectivity index (χ0) is 22.6. The molecule has 0 aliphatic heterocycles. The van der Waals surface area contributed by atoms with Gasteiger partial charge in [-0.2, -0.15) is 0 Å². The largest absolute Gasteiger partial charge is 0.497 e. The SMILES string of the molecule is COc1ccc(/C=C/C(=O)N[C@H](C)C(=O)OCC(=O)NC(=O)Cc2ccccc2)cc1. The van der Waals surface area contributed by atoms with Gasteiger partial charge in [-0.05, 0) is 36.3 Å². The van der Waals surface area contributed by atoms with Crippen molar-refractivity contribution in [2.45, 2.75) is 19.4 Å². The predicted octanol–water partition coefficient (Wildman–Crippen LogP) is 1.64. The number of ether oxygens (including phenoxy) is 2. The van der Waals surface area contributed by atoms with Crippen LogP contribution in [0.15, 0.2) is 60.7 Å². The number of amides is 3. The number of methoxy groups -OCH3 is 1. The summed E-state index contributed by atoms with van der Waals surface area (Å²) in [5, 5.41) is 4.59. The molecule has 0 fully saturated rings. The van der Waals surface area contributed by atoms with E-state index in [1.807, 2.05) is 6.07 Å². The van der Waals surface area contributed by atoms with E-state index < -0.39 is 36.3 Å². The number of esters is 1. The zero-order valence-electron chi connectivity index (χ0n) is 17.3. The van der Waals surface area contributed by atoms with Gasteiger partial charge in [0.15, 0.2) is 6.61 Å². The van der Waals surface area contributed by atoms with Gasteiger partial charge in [-0.1, -0.05) is 42.5 Å². The quantitative estimate of drug-likeness (QED) is 0.468. The summed E-state index contributed by atoms with van der Waals surface area (Å²) >= 11 is 0. The second-order valence-corrected chi connectivity index (χ2v) is 6.58.